The second-order valence-electron chi connectivity index (χ2n) is 5.53. The number of hydrogen-bond donors (Lipinski definition) is 2. The van der Waals surface area contributed by atoms with Gasteiger partial charge in [-0.1, -0.05) is 26.2 Å². The highest BCUT2D eigenvalue weighted by molar-refractivity contribution is 7.98. The van der Waals surface area contributed by atoms with Gasteiger partial charge in [0.15, 0.2) is 0 Å². The maximum atomic E-state index is 12.0. The molecule has 0 aromatic carbocycles. The molecule has 106 valence electrons. The molecule has 18 heavy (non-hydrogen) atoms. The van der Waals surface area contributed by atoms with Crippen LogP contribution in [0.25, 0.3) is 0 Å². The van der Waals surface area contributed by atoms with Crippen molar-refractivity contribution >= 4 is 17.7 Å². The number of carbonyl (C=O) groups excluding carboxylic acids is 1. The molecule has 1 aliphatic carbocycles. The number of nitrogens with one attached hydrogen (secondary N) is 2. The van der Waals surface area contributed by atoms with E-state index < -0.39 is 0 Å². The van der Waals surface area contributed by atoms with Gasteiger partial charge in [-0.05, 0) is 44.2 Å². The van der Waals surface area contributed by atoms with Gasteiger partial charge in [0, 0.05) is 6.04 Å². The summed E-state index contributed by atoms with van der Waals surface area (Å²) < 4.78 is 0. The van der Waals surface area contributed by atoms with Gasteiger partial charge in [-0.25, -0.2) is 0 Å². The maximum absolute atomic E-state index is 12.0. The van der Waals surface area contributed by atoms with Gasteiger partial charge < -0.3 is 10.6 Å². The number of thioether (sulfide) groups is 1. The lowest BCUT2D eigenvalue weighted by atomic mass is 9.95. The van der Waals surface area contributed by atoms with E-state index >= 15 is 0 Å². The fraction of sp³-hybridized carbons (Fsp3) is 0.929. The minimum absolute atomic E-state index is 0.0729. The van der Waals surface area contributed by atoms with Crippen LogP contribution in [-0.2, 0) is 4.79 Å². The monoisotopic (exact) mass is 272 g/mol. The second-order valence-corrected chi connectivity index (χ2v) is 6.44. The SMILES string of the molecule is CSCC(C)CNC(C)C(=O)NC1CCCCC1. The van der Waals surface area contributed by atoms with Crippen molar-refractivity contribution in [1.82, 2.24) is 10.6 Å². The molecule has 1 amide bonds. The Hall–Kier alpha value is -0.220. The second kappa shape index (κ2) is 8.81. The van der Waals surface area contributed by atoms with Crippen molar-refractivity contribution in [2.24, 2.45) is 5.92 Å². The van der Waals surface area contributed by atoms with E-state index in [1.807, 2.05) is 18.7 Å². The summed E-state index contributed by atoms with van der Waals surface area (Å²) in [4.78, 5) is 12.0. The molecule has 0 radical (unpaired) electrons. The molecule has 1 aliphatic rings. The van der Waals surface area contributed by atoms with E-state index in [1.165, 1.54) is 19.3 Å². The first kappa shape index (κ1) is 15.8. The smallest absolute Gasteiger partial charge is 0.237 e. The Bertz CT molecular complexity index is 242. The lowest BCUT2D eigenvalue weighted by Gasteiger charge is -2.25. The van der Waals surface area contributed by atoms with Crippen LogP contribution in [0.2, 0.25) is 0 Å². The van der Waals surface area contributed by atoms with E-state index in [9.17, 15) is 4.79 Å². The zero-order chi connectivity index (χ0) is 13.4. The van der Waals surface area contributed by atoms with E-state index in [2.05, 4.69) is 23.8 Å². The zero-order valence-electron chi connectivity index (χ0n) is 12.0. The number of rotatable bonds is 7. The molecule has 2 N–H and O–H groups in total. The predicted octanol–water partition coefficient (Wildman–Crippen LogP) is 2.41. The van der Waals surface area contributed by atoms with Crippen LogP contribution in [0.5, 0.6) is 0 Å². The average Bonchev–Trinajstić information content (AvgIpc) is 2.37. The van der Waals surface area contributed by atoms with Crippen LogP contribution in [0.15, 0.2) is 0 Å². The minimum atomic E-state index is -0.0729. The fourth-order valence-corrected chi connectivity index (χ4v) is 3.07. The van der Waals surface area contributed by atoms with Crippen molar-refractivity contribution in [3.8, 4) is 0 Å². The van der Waals surface area contributed by atoms with Crippen LogP contribution in [0, 0.1) is 5.92 Å². The topological polar surface area (TPSA) is 41.1 Å². The molecule has 0 bridgehead atoms. The molecule has 1 saturated carbocycles. The van der Waals surface area contributed by atoms with Crippen molar-refractivity contribution < 1.29 is 4.79 Å². The summed E-state index contributed by atoms with van der Waals surface area (Å²) in [6, 6.07) is 0.343. The highest BCUT2D eigenvalue weighted by Gasteiger charge is 2.19. The third kappa shape index (κ3) is 6.10. The predicted molar refractivity (Wildman–Crippen MR) is 80.0 cm³/mol. The van der Waals surface area contributed by atoms with Gasteiger partial charge in [0.1, 0.15) is 0 Å². The minimum Gasteiger partial charge on any atom is -0.352 e. The number of carbonyl (C=O) groups is 1. The molecule has 2 unspecified atom stereocenters. The standard InChI is InChI=1S/C14H28N2OS/c1-11(10-18-3)9-15-12(2)14(17)16-13-7-5-4-6-8-13/h11-13,15H,4-10H2,1-3H3,(H,16,17). The molecule has 0 saturated heterocycles. The summed E-state index contributed by atoms with van der Waals surface area (Å²) in [5, 5.41) is 6.50. The van der Waals surface area contributed by atoms with E-state index in [1.54, 1.807) is 0 Å². The van der Waals surface area contributed by atoms with Gasteiger partial charge in [0.05, 0.1) is 6.04 Å². The Morgan fingerprint density at radius 2 is 1.94 bits per heavy atom. The van der Waals surface area contributed by atoms with E-state index in [0.717, 1.165) is 25.1 Å². The van der Waals surface area contributed by atoms with Crippen LogP contribution in [-0.4, -0.2) is 36.5 Å². The van der Waals surface area contributed by atoms with Gasteiger partial charge in [-0.3, -0.25) is 4.79 Å². The number of hydrogen-bond acceptors (Lipinski definition) is 3. The Morgan fingerprint density at radius 1 is 1.28 bits per heavy atom. The largest absolute Gasteiger partial charge is 0.352 e. The van der Waals surface area contributed by atoms with Gasteiger partial charge >= 0.3 is 0 Å². The Balaban J connectivity index is 2.19. The molecule has 4 heteroatoms. The van der Waals surface area contributed by atoms with Crippen molar-refractivity contribution in [2.75, 3.05) is 18.6 Å². The van der Waals surface area contributed by atoms with Crippen molar-refractivity contribution in [1.29, 1.82) is 0 Å². The van der Waals surface area contributed by atoms with E-state index in [4.69, 9.17) is 0 Å². The van der Waals surface area contributed by atoms with Gasteiger partial charge in [0.25, 0.3) is 0 Å². The molecule has 0 aliphatic heterocycles. The molecule has 0 aromatic rings. The van der Waals surface area contributed by atoms with E-state index in [0.29, 0.717) is 12.0 Å². The third-order valence-corrected chi connectivity index (χ3v) is 4.47. The molecule has 1 rings (SSSR count). The molecule has 0 heterocycles. The first-order chi connectivity index (χ1) is 8.63. The van der Waals surface area contributed by atoms with Gasteiger partial charge in [-0.2, -0.15) is 11.8 Å². The maximum Gasteiger partial charge on any atom is 0.237 e. The molecular formula is C14H28N2OS. The van der Waals surface area contributed by atoms with Crippen molar-refractivity contribution in [3.63, 3.8) is 0 Å². The van der Waals surface area contributed by atoms with Crippen LogP contribution in [0.1, 0.15) is 46.0 Å². The van der Waals surface area contributed by atoms with Crippen LogP contribution < -0.4 is 10.6 Å². The highest BCUT2D eigenvalue weighted by atomic mass is 32.2. The van der Waals surface area contributed by atoms with Crippen LogP contribution >= 0.6 is 11.8 Å². The Labute approximate surface area is 116 Å². The molecule has 1 fully saturated rings. The summed E-state index contributed by atoms with van der Waals surface area (Å²) in [5.41, 5.74) is 0. The summed E-state index contributed by atoms with van der Waals surface area (Å²) >= 11 is 1.86. The van der Waals surface area contributed by atoms with E-state index in [-0.39, 0.29) is 11.9 Å². The normalized spacial score (nSPS) is 20.4. The third-order valence-electron chi connectivity index (χ3n) is 3.57. The zero-order valence-corrected chi connectivity index (χ0v) is 12.8. The van der Waals surface area contributed by atoms with Crippen LogP contribution in [0.3, 0.4) is 0 Å². The highest BCUT2D eigenvalue weighted by Crippen LogP contribution is 2.17. The quantitative estimate of drug-likeness (QED) is 0.748. The molecule has 0 aromatic heterocycles. The lowest BCUT2D eigenvalue weighted by molar-refractivity contribution is -0.123. The van der Waals surface area contributed by atoms with Crippen LogP contribution in [0.4, 0.5) is 0 Å². The first-order valence-corrected chi connectivity index (χ1v) is 8.55. The first-order valence-electron chi connectivity index (χ1n) is 7.16. The Kier molecular flexibility index (Phi) is 7.75. The number of amides is 1. The summed E-state index contributed by atoms with van der Waals surface area (Å²) in [6.07, 6.45) is 8.28. The average molecular weight is 272 g/mol. The molecular weight excluding hydrogens is 244 g/mol. The molecule has 0 spiro atoms. The van der Waals surface area contributed by atoms with Crippen molar-refractivity contribution in [3.05, 3.63) is 0 Å². The van der Waals surface area contributed by atoms with Crippen molar-refractivity contribution in [2.45, 2.75) is 58.0 Å². The lowest BCUT2D eigenvalue weighted by Crippen LogP contribution is -2.47. The Morgan fingerprint density at radius 3 is 2.56 bits per heavy atom. The molecule has 2 atom stereocenters. The van der Waals surface area contributed by atoms with Gasteiger partial charge in [-0.15, -0.1) is 0 Å². The summed E-state index contributed by atoms with van der Waals surface area (Å²) in [6.45, 7) is 5.10. The summed E-state index contributed by atoms with van der Waals surface area (Å²) in [7, 11) is 0. The molecule has 3 nitrogen and oxygen atoms in total. The van der Waals surface area contributed by atoms with Gasteiger partial charge in [0.2, 0.25) is 5.91 Å². The fourth-order valence-electron chi connectivity index (χ4n) is 2.39. The summed E-state index contributed by atoms with van der Waals surface area (Å²) in [5.74, 6) is 1.92.